The van der Waals surface area contributed by atoms with Gasteiger partial charge in [0.05, 0.1) is 0 Å². The molecule has 0 spiro atoms. The van der Waals surface area contributed by atoms with Gasteiger partial charge in [0.15, 0.2) is 0 Å². The van der Waals surface area contributed by atoms with E-state index >= 15 is 0 Å². The zero-order valence-corrected chi connectivity index (χ0v) is 10.6. The molecule has 3 aromatic rings. The number of rotatable bonds is 3. The van der Waals surface area contributed by atoms with Gasteiger partial charge in [0.25, 0.3) is 0 Å². The lowest BCUT2D eigenvalue weighted by Gasteiger charge is -2.01. The molecule has 0 aliphatic heterocycles. The minimum absolute atomic E-state index is 0.246. The lowest BCUT2D eigenvalue weighted by molar-refractivity contribution is 0.619. The number of hydrogen-bond acceptors (Lipinski definition) is 2. The van der Waals surface area contributed by atoms with Gasteiger partial charge in [-0.05, 0) is 36.9 Å². The van der Waals surface area contributed by atoms with Crippen LogP contribution in [0.25, 0.3) is 22.3 Å². The highest BCUT2D eigenvalue weighted by Crippen LogP contribution is 2.28. The van der Waals surface area contributed by atoms with Crippen LogP contribution in [0.4, 0.5) is 4.39 Å². The molecule has 1 heterocycles. The standard InChI is InChI=1S/C16H14FNO/c1-18-10-11-2-4-12(5-3-11)16-9-13-8-14(17)6-7-15(13)19-16/h2-9,18H,10H2,1H3. The molecule has 1 N–H and O–H groups in total. The smallest absolute Gasteiger partial charge is 0.135 e. The molecule has 0 radical (unpaired) electrons. The molecule has 0 aliphatic carbocycles. The molecule has 0 saturated heterocycles. The Balaban J connectivity index is 1.99. The van der Waals surface area contributed by atoms with Crippen molar-refractivity contribution in [1.29, 1.82) is 0 Å². The first-order valence-electron chi connectivity index (χ1n) is 6.19. The molecule has 96 valence electrons. The van der Waals surface area contributed by atoms with Crippen LogP contribution in [0.15, 0.2) is 52.9 Å². The molecule has 1 aromatic heterocycles. The summed E-state index contributed by atoms with van der Waals surface area (Å²) in [5.74, 6) is 0.515. The number of halogens is 1. The van der Waals surface area contributed by atoms with E-state index in [9.17, 15) is 4.39 Å². The summed E-state index contributed by atoms with van der Waals surface area (Å²) in [6.07, 6.45) is 0. The second-order valence-corrected chi connectivity index (χ2v) is 4.52. The van der Waals surface area contributed by atoms with Crippen LogP contribution in [0.2, 0.25) is 0 Å². The van der Waals surface area contributed by atoms with E-state index in [-0.39, 0.29) is 5.82 Å². The average Bonchev–Trinajstić information content (AvgIpc) is 2.83. The van der Waals surface area contributed by atoms with Crippen molar-refractivity contribution in [3.63, 3.8) is 0 Å². The van der Waals surface area contributed by atoms with Gasteiger partial charge < -0.3 is 9.73 Å². The van der Waals surface area contributed by atoms with Crippen LogP contribution in [-0.2, 0) is 6.54 Å². The first kappa shape index (κ1) is 11.9. The van der Waals surface area contributed by atoms with Gasteiger partial charge in [-0.15, -0.1) is 0 Å². The Morgan fingerprint density at radius 3 is 2.58 bits per heavy atom. The lowest BCUT2D eigenvalue weighted by atomic mass is 10.1. The molecule has 0 unspecified atom stereocenters. The van der Waals surface area contributed by atoms with Crippen molar-refractivity contribution in [3.8, 4) is 11.3 Å². The van der Waals surface area contributed by atoms with Crippen molar-refractivity contribution < 1.29 is 8.81 Å². The van der Waals surface area contributed by atoms with E-state index in [0.29, 0.717) is 5.58 Å². The normalized spacial score (nSPS) is 11.1. The first-order valence-corrected chi connectivity index (χ1v) is 6.19. The minimum Gasteiger partial charge on any atom is -0.456 e. The van der Waals surface area contributed by atoms with Gasteiger partial charge in [-0.25, -0.2) is 4.39 Å². The molecular weight excluding hydrogens is 241 g/mol. The SMILES string of the molecule is CNCc1ccc(-c2cc3cc(F)ccc3o2)cc1. The Morgan fingerprint density at radius 2 is 1.84 bits per heavy atom. The van der Waals surface area contributed by atoms with Gasteiger partial charge in [-0.1, -0.05) is 24.3 Å². The van der Waals surface area contributed by atoms with Crippen molar-refractivity contribution in [3.05, 3.63) is 59.9 Å². The summed E-state index contributed by atoms with van der Waals surface area (Å²) in [6.45, 7) is 0.839. The average molecular weight is 255 g/mol. The molecule has 0 amide bonds. The number of benzene rings is 2. The van der Waals surface area contributed by atoms with E-state index in [2.05, 4.69) is 17.4 Å². The fraction of sp³-hybridized carbons (Fsp3) is 0.125. The van der Waals surface area contributed by atoms with E-state index in [1.807, 2.05) is 25.2 Å². The summed E-state index contributed by atoms with van der Waals surface area (Å²) in [5.41, 5.74) is 2.92. The third-order valence-electron chi connectivity index (χ3n) is 3.10. The fourth-order valence-electron chi connectivity index (χ4n) is 2.15. The maximum Gasteiger partial charge on any atom is 0.135 e. The topological polar surface area (TPSA) is 25.2 Å². The highest BCUT2D eigenvalue weighted by Gasteiger charge is 2.06. The van der Waals surface area contributed by atoms with Gasteiger partial charge in [-0.2, -0.15) is 0 Å². The number of fused-ring (bicyclic) bond motifs is 1. The van der Waals surface area contributed by atoms with E-state index < -0.39 is 0 Å². The lowest BCUT2D eigenvalue weighted by Crippen LogP contribution is -2.04. The second kappa shape index (κ2) is 4.86. The highest BCUT2D eigenvalue weighted by molar-refractivity contribution is 5.82. The maximum absolute atomic E-state index is 13.1. The Kier molecular flexibility index (Phi) is 3.05. The van der Waals surface area contributed by atoms with Crippen LogP contribution in [-0.4, -0.2) is 7.05 Å². The Morgan fingerprint density at radius 1 is 1.05 bits per heavy atom. The fourth-order valence-corrected chi connectivity index (χ4v) is 2.15. The van der Waals surface area contributed by atoms with Crippen LogP contribution in [0.5, 0.6) is 0 Å². The molecule has 2 aromatic carbocycles. The predicted molar refractivity (Wildman–Crippen MR) is 74.4 cm³/mol. The third-order valence-corrected chi connectivity index (χ3v) is 3.10. The summed E-state index contributed by atoms with van der Waals surface area (Å²) >= 11 is 0. The van der Waals surface area contributed by atoms with Gasteiger partial charge in [0, 0.05) is 17.5 Å². The molecular formula is C16H14FNO. The van der Waals surface area contributed by atoms with E-state index in [0.717, 1.165) is 23.3 Å². The summed E-state index contributed by atoms with van der Waals surface area (Å²) in [5, 5.41) is 3.89. The van der Waals surface area contributed by atoms with Crippen LogP contribution in [0.3, 0.4) is 0 Å². The predicted octanol–water partition coefficient (Wildman–Crippen LogP) is 3.96. The van der Waals surface area contributed by atoms with Crippen molar-refractivity contribution in [2.75, 3.05) is 7.05 Å². The molecule has 3 heteroatoms. The summed E-state index contributed by atoms with van der Waals surface area (Å²) in [4.78, 5) is 0. The minimum atomic E-state index is -0.246. The van der Waals surface area contributed by atoms with Crippen molar-refractivity contribution in [2.24, 2.45) is 0 Å². The van der Waals surface area contributed by atoms with E-state index in [1.54, 1.807) is 6.07 Å². The Hall–Kier alpha value is -2.13. The molecule has 3 rings (SSSR count). The van der Waals surface area contributed by atoms with Gasteiger partial charge in [-0.3, -0.25) is 0 Å². The zero-order valence-electron chi connectivity index (χ0n) is 10.6. The molecule has 0 bridgehead atoms. The van der Waals surface area contributed by atoms with Gasteiger partial charge in [0.2, 0.25) is 0 Å². The largest absolute Gasteiger partial charge is 0.456 e. The molecule has 2 nitrogen and oxygen atoms in total. The quantitative estimate of drug-likeness (QED) is 0.766. The molecule has 0 saturated carbocycles. The second-order valence-electron chi connectivity index (χ2n) is 4.52. The van der Waals surface area contributed by atoms with Gasteiger partial charge in [0.1, 0.15) is 17.2 Å². The summed E-state index contributed by atoms with van der Waals surface area (Å²) < 4.78 is 18.9. The van der Waals surface area contributed by atoms with Crippen LogP contribution < -0.4 is 5.32 Å². The zero-order chi connectivity index (χ0) is 13.2. The number of nitrogens with one attached hydrogen (secondary N) is 1. The summed E-state index contributed by atoms with van der Waals surface area (Å²) in [7, 11) is 1.92. The Labute approximate surface area is 110 Å². The monoisotopic (exact) mass is 255 g/mol. The van der Waals surface area contributed by atoms with Crippen LogP contribution in [0, 0.1) is 5.82 Å². The molecule has 19 heavy (non-hydrogen) atoms. The van der Waals surface area contributed by atoms with E-state index in [1.165, 1.54) is 17.7 Å². The third kappa shape index (κ3) is 2.37. The van der Waals surface area contributed by atoms with Crippen molar-refractivity contribution in [2.45, 2.75) is 6.54 Å². The van der Waals surface area contributed by atoms with Crippen molar-refractivity contribution >= 4 is 11.0 Å². The summed E-state index contributed by atoms with van der Waals surface area (Å²) in [6, 6.07) is 14.6. The van der Waals surface area contributed by atoms with Crippen LogP contribution in [0.1, 0.15) is 5.56 Å². The number of hydrogen-bond donors (Lipinski definition) is 1. The first-order chi connectivity index (χ1) is 9.26. The molecule has 0 aliphatic rings. The number of furan rings is 1. The maximum atomic E-state index is 13.1. The van der Waals surface area contributed by atoms with E-state index in [4.69, 9.17) is 4.42 Å². The van der Waals surface area contributed by atoms with Gasteiger partial charge >= 0.3 is 0 Å². The van der Waals surface area contributed by atoms with Crippen molar-refractivity contribution in [1.82, 2.24) is 5.32 Å². The Bertz CT molecular complexity index is 700. The molecule has 0 atom stereocenters. The van der Waals surface area contributed by atoms with Crippen LogP contribution >= 0.6 is 0 Å². The highest BCUT2D eigenvalue weighted by atomic mass is 19.1. The molecule has 0 fully saturated rings.